The van der Waals surface area contributed by atoms with Crippen molar-refractivity contribution in [3.8, 4) is 0 Å². The maximum atomic E-state index is 5.31. The molecule has 72 valence electrons. The topological polar surface area (TPSA) is 18.5 Å². The maximum absolute atomic E-state index is 5.31. The van der Waals surface area contributed by atoms with Gasteiger partial charge in [0.1, 0.15) is 0 Å². The van der Waals surface area contributed by atoms with E-state index in [2.05, 4.69) is 26.0 Å². The SMILES string of the molecule is CCC=CC(CC)[SiH](OC)OC. The molecule has 0 amide bonds. The molecule has 0 heterocycles. The Kier molecular flexibility index (Phi) is 7.44. The van der Waals surface area contributed by atoms with Crippen molar-refractivity contribution in [1.82, 2.24) is 0 Å². The van der Waals surface area contributed by atoms with Crippen LogP contribution in [0.3, 0.4) is 0 Å². The number of hydrogen-bond donors (Lipinski definition) is 0. The van der Waals surface area contributed by atoms with E-state index >= 15 is 0 Å². The number of hydrogen-bond acceptors (Lipinski definition) is 2. The lowest BCUT2D eigenvalue weighted by Crippen LogP contribution is -2.24. The molecule has 3 heteroatoms. The van der Waals surface area contributed by atoms with Crippen molar-refractivity contribution in [3.05, 3.63) is 12.2 Å². The molecule has 1 unspecified atom stereocenters. The fourth-order valence-corrected chi connectivity index (χ4v) is 2.79. The second-order valence-electron chi connectivity index (χ2n) is 2.75. The van der Waals surface area contributed by atoms with Gasteiger partial charge < -0.3 is 8.85 Å². The molecule has 0 saturated carbocycles. The molecule has 0 aliphatic heterocycles. The highest BCUT2D eigenvalue weighted by Crippen LogP contribution is 2.17. The zero-order valence-electron chi connectivity index (χ0n) is 8.54. The quantitative estimate of drug-likeness (QED) is 0.470. The second-order valence-corrected chi connectivity index (χ2v) is 5.28. The minimum atomic E-state index is -1.43. The van der Waals surface area contributed by atoms with Gasteiger partial charge in [0, 0.05) is 19.8 Å². The predicted octanol–water partition coefficient (Wildman–Crippen LogP) is 2.25. The van der Waals surface area contributed by atoms with Gasteiger partial charge in [0.05, 0.1) is 0 Å². The zero-order chi connectivity index (χ0) is 9.40. The summed E-state index contributed by atoms with van der Waals surface area (Å²) >= 11 is 0. The molecule has 0 saturated heterocycles. The lowest BCUT2D eigenvalue weighted by Gasteiger charge is -2.17. The van der Waals surface area contributed by atoms with Gasteiger partial charge in [0.15, 0.2) is 0 Å². The van der Waals surface area contributed by atoms with Gasteiger partial charge in [0.2, 0.25) is 0 Å². The number of rotatable bonds is 6. The first-order valence-corrected chi connectivity index (χ1v) is 6.13. The summed E-state index contributed by atoms with van der Waals surface area (Å²) in [4.78, 5) is 0. The molecular weight excluding hydrogens is 168 g/mol. The van der Waals surface area contributed by atoms with Crippen LogP contribution in [-0.2, 0) is 8.85 Å². The summed E-state index contributed by atoms with van der Waals surface area (Å²) < 4.78 is 10.6. The van der Waals surface area contributed by atoms with Crippen molar-refractivity contribution in [3.63, 3.8) is 0 Å². The Hall–Kier alpha value is -0.123. The van der Waals surface area contributed by atoms with Crippen molar-refractivity contribution in [2.45, 2.75) is 32.2 Å². The van der Waals surface area contributed by atoms with Gasteiger partial charge >= 0.3 is 9.28 Å². The lowest BCUT2D eigenvalue weighted by atomic mass is 10.3. The first kappa shape index (κ1) is 11.9. The van der Waals surface area contributed by atoms with E-state index in [4.69, 9.17) is 8.85 Å². The third-order valence-corrected chi connectivity index (χ3v) is 4.23. The molecule has 0 aliphatic rings. The molecule has 0 aromatic rings. The van der Waals surface area contributed by atoms with Crippen molar-refractivity contribution in [1.29, 1.82) is 0 Å². The summed E-state index contributed by atoms with van der Waals surface area (Å²) in [6.07, 6.45) is 6.61. The predicted molar refractivity (Wildman–Crippen MR) is 54.6 cm³/mol. The average molecular weight is 188 g/mol. The van der Waals surface area contributed by atoms with Crippen molar-refractivity contribution >= 4 is 9.28 Å². The smallest absolute Gasteiger partial charge is 0.327 e. The molecular formula is C9H20O2Si. The second kappa shape index (κ2) is 7.52. The van der Waals surface area contributed by atoms with Crippen LogP contribution in [0.1, 0.15) is 26.7 Å². The summed E-state index contributed by atoms with van der Waals surface area (Å²) in [6, 6.07) is 0. The van der Waals surface area contributed by atoms with Crippen molar-refractivity contribution in [2.24, 2.45) is 0 Å². The van der Waals surface area contributed by atoms with Crippen LogP contribution in [0.2, 0.25) is 5.54 Å². The van der Waals surface area contributed by atoms with Crippen LogP contribution in [0, 0.1) is 0 Å². The number of allylic oxidation sites excluding steroid dienone is 2. The van der Waals surface area contributed by atoms with E-state index in [-0.39, 0.29) is 0 Å². The normalized spacial score (nSPS) is 14.4. The molecule has 12 heavy (non-hydrogen) atoms. The molecule has 1 atom stereocenters. The van der Waals surface area contributed by atoms with Gasteiger partial charge in [-0.2, -0.15) is 0 Å². The lowest BCUT2D eigenvalue weighted by molar-refractivity contribution is 0.269. The highest BCUT2D eigenvalue weighted by atomic mass is 28.3. The molecule has 0 aliphatic carbocycles. The van der Waals surface area contributed by atoms with Crippen molar-refractivity contribution in [2.75, 3.05) is 14.2 Å². The van der Waals surface area contributed by atoms with Crippen LogP contribution in [-0.4, -0.2) is 23.5 Å². The Morgan fingerprint density at radius 2 is 1.83 bits per heavy atom. The molecule has 0 spiro atoms. The summed E-state index contributed by atoms with van der Waals surface area (Å²) in [5.74, 6) is 0. The van der Waals surface area contributed by atoms with Gasteiger partial charge in [-0.15, -0.1) is 0 Å². The first-order chi connectivity index (χ1) is 5.79. The summed E-state index contributed by atoms with van der Waals surface area (Å²) in [7, 11) is 2.05. The van der Waals surface area contributed by atoms with E-state index in [1.54, 1.807) is 14.2 Å². The van der Waals surface area contributed by atoms with Gasteiger partial charge in [-0.3, -0.25) is 0 Å². The standard InChI is InChI=1S/C9H20O2Si/c1-5-7-8-9(6-2)12(10-3)11-4/h7-9,12H,5-6H2,1-4H3. The third-order valence-electron chi connectivity index (χ3n) is 1.90. The van der Waals surface area contributed by atoms with Gasteiger partial charge in [-0.05, 0) is 12.8 Å². The summed E-state index contributed by atoms with van der Waals surface area (Å²) in [5.41, 5.74) is 0.514. The van der Waals surface area contributed by atoms with Crippen LogP contribution in [0.4, 0.5) is 0 Å². The van der Waals surface area contributed by atoms with Crippen LogP contribution < -0.4 is 0 Å². The summed E-state index contributed by atoms with van der Waals surface area (Å²) in [6.45, 7) is 4.31. The molecule has 0 fully saturated rings. The molecule has 0 bridgehead atoms. The van der Waals surface area contributed by atoms with E-state index < -0.39 is 9.28 Å². The molecule has 0 N–H and O–H groups in total. The molecule has 0 aromatic heterocycles. The van der Waals surface area contributed by atoms with Crippen molar-refractivity contribution < 1.29 is 8.85 Å². The Morgan fingerprint density at radius 3 is 2.17 bits per heavy atom. The molecule has 2 nitrogen and oxygen atoms in total. The Labute approximate surface area is 77.4 Å². The van der Waals surface area contributed by atoms with Gasteiger partial charge in [-0.1, -0.05) is 26.0 Å². The fraction of sp³-hybridized carbons (Fsp3) is 0.778. The highest BCUT2D eigenvalue weighted by Gasteiger charge is 2.19. The minimum Gasteiger partial charge on any atom is -0.400 e. The maximum Gasteiger partial charge on any atom is 0.327 e. The van der Waals surface area contributed by atoms with Crippen LogP contribution in [0.5, 0.6) is 0 Å². The Morgan fingerprint density at radius 1 is 1.25 bits per heavy atom. The fourth-order valence-electron chi connectivity index (χ4n) is 1.18. The van der Waals surface area contributed by atoms with E-state index in [0.29, 0.717) is 5.54 Å². The van der Waals surface area contributed by atoms with Gasteiger partial charge in [0.25, 0.3) is 0 Å². The third kappa shape index (κ3) is 4.04. The van der Waals surface area contributed by atoms with Crippen LogP contribution in [0.25, 0.3) is 0 Å². The Balaban J connectivity index is 4.01. The highest BCUT2D eigenvalue weighted by molar-refractivity contribution is 6.47. The van der Waals surface area contributed by atoms with Crippen LogP contribution in [0.15, 0.2) is 12.2 Å². The van der Waals surface area contributed by atoms with Gasteiger partial charge in [-0.25, -0.2) is 0 Å². The Bertz CT molecular complexity index is 122. The van der Waals surface area contributed by atoms with E-state index in [0.717, 1.165) is 12.8 Å². The molecule has 0 radical (unpaired) electrons. The van der Waals surface area contributed by atoms with E-state index in [1.165, 1.54) is 0 Å². The zero-order valence-corrected chi connectivity index (χ0v) is 9.69. The molecule has 0 aromatic carbocycles. The average Bonchev–Trinajstić information content (AvgIpc) is 2.12. The van der Waals surface area contributed by atoms with E-state index in [9.17, 15) is 0 Å². The summed E-state index contributed by atoms with van der Waals surface area (Å²) in [5, 5.41) is 0. The largest absolute Gasteiger partial charge is 0.400 e. The van der Waals surface area contributed by atoms with E-state index in [1.807, 2.05) is 0 Å². The molecule has 0 rings (SSSR count). The minimum absolute atomic E-state index is 0.514. The monoisotopic (exact) mass is 188 g/mol. The van der Waals surface area contributed by atoms with Crippen LogP contribution >= 0.6 is 0 Å². The first-order valence-electron chi connectivity index (χ1n) is 4.52.